The number of ether oxygens (including phenoxy) is 1. The molecule has 1 N–H and O–H groups in total. The van der Waals surface area contributed by atoms with Gasteiger partial charge in [0.15, 0.2) is 0 Å². The molecule has 0 amide bonds. The standard InChI is InChI=1S/C18H13ClF2N4O/c19-13-5-1-11(2-6-13)15-9-16(25-18(24-15)22-10-23-25)12-3-7-14(8-4-12)26-17(20)21/h1-10,16-17H,(H,22,23,24). The molecule has 0 aliphatic carbocycles. The molecule has 2 heterocycles. The van der Waals surface area contributed by atoms with Gasteiger partial charge < -0.3 is 10.1 Å². The van der Waals surface area contributed by atoms with Gasteiger partial charge in [0.05, 0.1) is 0 Å². The van der Waals surface area contributed by atoms with Gasteiger partial charge in [0, 0.05) is 10.7 Å². The summed E-state index contributed by atoms with van der Waals surface area (Å²) in [6, 6.07) is 13.7. The average Bonchev–Trinajstić information content (AvgIpc) is 3.10. The second kappa shape index (κ2) is 6.76. The molecule has 1 atom stereocenters. The molecule has 8 heteroatoms. The Morgan fingerprint density at radius 1 is 1.08 bits per heavy atom. The van der Waals surface area contributed by atoms with Gasteiger partial charge in [-0.2, -0.15) is 18.9 Å². The fourth-order valence-electron chi connectivity index (χ4n) is 2.82. The highest BCUT2D eigenvalue weighted by atomic mass is 35.5. The van der Waals surface area contributed by atoms with E-state index in [2.05, 4.69) is 20.1 Å². The Balaban J connectivity index is 1.70. The Morgan fingerprint density at radius 2 is 1.81 bits per heavy atom. The molecule has 0 bridgehead atoms. The lowest BCUT2D eigenvalue weighted by Gasteiger charge is -2.24. The van der Waals surface area contributed by atoms with E-state index in [-0.39, 0.29) is 11.8 Å². The van der Waals surface area contributed by atoms with Gasteiger partial charge in [-0.15, -0.1) is 0 Å². The van der Waals surface area contributed by atoms with Crippen LogP contribution in [-0.2, 0) is 0 Å². The first-order valence-corrected chi connectivity index (χ1v) is 8.17. The van der Waals surface area contributed by atoms with Crippen LogP contribution in [0, 0.1) is 0 Å². The van der Waals surface area contributed by atoms with Crippen LogP contribution < -0.4 is 10.1 Å². The minimum Gasteiger partial charge on any atom is -0.435 e. The third kappa shape index (κ3) is 3.25. The number of fused-ring (bicyclic) bond motifs is 1. The molecule has 5 nitrogen and oxygen atoms in total. The van der Waals surface area contributed by atoms with Gasteiger partial charge in [-0.05, 0) is 41.5 Å². The van der Waals surface area contributed by atoms with Crippen LogP contribution in [0.25, 0.3) is 5.70 Å². The molecule has 1 aliphatic heterocycles. The van der Waals surface area contributed by atoms with E-state index in [0.29, 0.717) is 11.0 Å². The zero-order valence-electron chi connectivity index (χ0n) is 13.3. The lowest BCUT2D eigenvalue weighted by Crippen LogP contribution is -2.20. The molecule has 132 valence electrons. The maximum Gasteiger partial charge on any atom is 0.387 e. The molecule has 0 saturated heterocycles. The molecule has 2 aromatic carbocycles. The van der Waals surface area contributed by atoms with Crippen LogP contribution in [-0.4, -0.2) is 21.4 Å². The summed E-state index contributed by atoms with van der Waals surface area (Å²) < 4.78 is 30.8. The van der Waals surface area contributed by atoms with Gasteiger partial charge in [0.25, 0.3) is 0 Å². The van der Waals surface area contributed by atoms with Crippen molar-refractivity contribution in [3.8, 4) is 5.75 Å². The van der Waals surface area contributed by atoms with E-state index in [1.54, 1.807) is 16.8 Å². The topological polar surface area (TPSA) is 52.0 Å². The van der Waals surface area contributed by atoms with Gasteiger partial charge in [0.2, 0.25) is 5.95 Å². The van der Waals surface area contributed by atoms with E-state index in [0.717, 1.165) is 16.8 Å². The predicted molar refractivity (Wildman–Crippen MR) is 94.3 cm³/mol. The lowest BCUT2D eigenvalue weighted by molar-refractivity contribution is -0.0498. The Labute approximate surface area is 152 Å². The number of hydrogen-bond acceptors (Lipinski definition) is 4. The summed E-state index contributed by atoms with van der Waals surface area (Å²) in [6.45, 7) is -2.85. The number of rotatable bonds is 4. The van der Waals surface area contributed by atoms with E-state index in [9.17, 15) is 8.78 Å². The van der Waals surface area contributed by atoms with Crippen molar-refractivity contribution >= 4 is 23.2 Å². The van der Waals surface area contributed by atoms with Crippen molar-refractivity contribution in [3.05, 3.63) is 77.1 Å². The third-order valence-corrected chi connectivity index (χ3v) is 4.26. The Hall–Kier alpha value is -2.93. The normalized spacial score (nSPS) is 16.0. The fraction of sp³-hybridized carbons (Fsp3) is 0.111. The van der Waals surface area contributed by atoms with Gasteiger partial charge >= 0.3 is 6.61 Å². The number of alkyl halides is 2. The summed E-state index contributed by atoms with van der Waals surface area (Å²) in [4.78, 5) is 4.23. The van der Waals surface area contributed by atoms with Crippen LogP contribution in [0.2, 0.25) is 5.02 Å². The van der Waals surface area contributed by atoms with Crippen molar-refractivity contribution in [1.29, 1.82) is 0 Å². The zero-order chi connectivity index (χ0) is 18.1. The first-order chi connectivity index (χ1) is 12.6. The van der Waals surface area contributed by atoms with Crippen LogP contribution in [0.4, 0.5) is 14.7 Å². The smallest absolute Gasteiger partial charge is 0.387 e. The van der Waals surface area contributed by atoms with E-state index in [1.807, 2.05) is 30.3 Å². The molecule has 1 unspecified atom stereocenters. The number of hydrogen-bond donors (Lipinski definition) is 1. The van der Waals surface area contributed by atoms with Crippen molar-refractivity contribution in [2.24, 2.45) is 0 Å². The molecule has 4 rings (SSSR count). The third-order valence-electron chi connectivity index (χ3n) is 4.01. The highest BCUT2D eigenvalue weighted by molar-refractivity contribution is 6.30. The van der Waals surface area contributed by atoms with Crippen LogP contribution in [0.15, 0.2) is 60.9 Å². The molecule has 0 fully saturated rings. The quantitative estimate of drug-likeness (QED) is 0.725. The van der Waals surface area contributed by atoms with Crippen molar-refractivity contribution in [3.63, 3.8) is 0 Å². The number of anilines is 1. The van der Waals surface area contributed by atoms with Crippen LogP contribution in [0.5, 0.6) is 5.75 Å². The molecular formula is C18H13ClF2N4O. The summed E-state index contributed by atoms with van der Waals surface area (Å²) in [6.07, 6.45) is 3.45. The second-order valence-electron chi connectivity index (χ2n) is 5.63. The SMILES string of the molecule is FC(F)Oc1ccc(C2C=C(c3ccc(Cl)cc3)Nc3ncnn32)cc1. The predicted octanol–water partition coefficient (Wildman–Crippen LogP) is 4.59. The monoisotopic (exact) mass is 374 g/mol. The minimum atomic E-state index is -2.85. The summed E-state index contributed by atoms with van der Waals surface area (Å²) >= 11 is 5.96. The van der Waals surface area contributed by atoms with Crippen molar-refractivity contribution in [2.45, 2.75) is 12.7 Å². The number of halogens is 3. The highest BCUT2D eigenvalue weighted by Crippen LogP contribution is 2.33. The van der Waals surface area contributed by atoms with E-state index < -0.39 is 6.61 Å². The van der Waals surface area contributed by atoms with Gasteiger partial charge in [-0.25, -0.2) is 4.68 Å². The Kier molecular flexibility index (Phi) is 4.30. The minimum absolute atomic E-state index is 0.110. The molecule has 1 aromatic heterocycles. The van der Waals surface area contributed by atoms with Crippen LogP contribution in [0.1, 0.15) is 17.2 Å². The van der Waals surface area contributed by atoms with Crippen molar-refractivity contribution in [2.75, 3.05) is 5.32 Å². The molecule has 26 heavy (non-hydrogen) atoms. The second-order valence-corrected chi connectivity index (χ2v) is 6.07. The number of benzene rings is 2. The summed E-state index contributed by atoms with van der Waals surface area (Å²) in [5.74, 6) is 0.703. The number of nitrogens with one attached hydrogen (secondary N) is 1. The van der Waals surface area contributed by atoms with E-state index in [4.69, 9.17) is 11.6 Å². The van der Waals surface area contributed by atoms with Gasteiger partial charge in [-0.1, -0.05) is 35.9 Å². The lowest BCUT2D eigenvalue weighted by atomic mass is 10.0. The largest absolute Gasteiger partial charge is 0.435 e. The van der Waals surface area contributed by atoms with E-state index >= 15 is 0 Å². The number of allylic oxidation sites excluding steroid dienone is 1. The van der Waals surface area contributed by atoms with Crippen molar-refractivity contribution < 1.29 is 13.5 Å². The van der Waals surface area contributed by atoms with Gasteiger partial charge in [0.1, 0.15) is 18.1 Å². The first-order valence-electron chi connectivity index (χ1n) is 7.79. The van der Waals surface area contributed by atoms with Crippen molar-refractivity contribution in [1.82, 2.24) is 14.8 Å². The molecule has 1 aliphatic rings. The Morgan fingerprint density at radius 3 is 2.50 bits per heavy atom. The fourth-order valence-corrected chi connectivity index (χ4v) is 2.94. The summed E-state index contributed by atoms with van der Waals surface area (Å²) in [5, 5.41) is 8.14. The zero-order valence-corrected chi connectivity index (χ0v) is 14.1. The number of aromatic nitrogens is 3. The summed E-state index contributed by atoms with van der Waals surface area (Å²) in [5.41, 5.74) is 2.68. The highest BCUT2D eigenvalue weighted by Gasteiger charge is 2.23. The van der Waals surface area contributed by atoms with E-state index in [1.165, 1.54) is 18.5 Å². The van der Waals surface area contributed by atoms with Crippen LogP contribution in [0.3, 0.4) is 0 Å². The molecule has 0 saturated carbocycles. The summed E-state index contributed by atoms with van der Waals surface area (Å²) in [7, 11) is 0. The molecule has 3 aromatic rings. The maximum absolute atomic E-state index is 12.3. The molecular weight excluding hydrogens is 362 g/mol. The Bertz CT molecular complexity index is 939. The number of nitrogens with zero attached hydrogens (tertiary/aromatic N) is 3. The maximum atomic E-state index is 12.3. The average molecular weight is 375 g/mol. The first kappa shape index (κ1) is 16.5. The molecule has 0 spiro atoms. The molecule has 0 radical (unpaired) electrons. The van der Waals surface area contributed by atoms with Crippen LogP contribution >= 0.6 is 11.6 Å². The van der Waals surface area contributed by atoms with Gasteiger partial charge in [-0.3, -0.25) is 0 Å².